The van der Waals surface area contributed by atoms with Gasteiger partial charge in [-0.25, -0.2) is 18.4 Å². The quantitative estimate of drug-likeness (QED) is 0.319. The zero-order valence-electron chi connectivity index (χ0n) is 24.5. The third-order valence-corrected chi connectivity index (χ3v) is 9.76. The number of carbonyl (C=O) groups excluding carboxylic acids is 1. The van der Waals surface area contributed by atoms with Crippen molar-refractivity contribution in [2.24, 2.45) is 0 Å². The van der Waals surface area contributed by atoms with Crippen LogP contribution in [0, 0.1) is 0 Å². The molecule has 0 atom stereocenters. The van der Waals surface area contributed by atoms with Gasteiger partial charge in [0.15, 0.2) is 0 Å². The minimum atomic E-state index is -3.85. The molecule has 0 unspecified atom stereocenters. The van der Waals surface area contributed by atoms with Gasteiger partial charge in [0, 0.05) is 62.3 Å². The Hall–Kier alpha value is -4.48. The lowest BCUT2D eigenvalue weighted by molar-refractivity contribution is 0.0963. The molecule has 1 aromatic heterocycles. The Morgan fingerprint density at radius 3 is 2.42 bits per heavy atom. The average molecular weight is 598 g/mol. The van der Waals surface area contributed by atoms with E-state index in [-0.39, 0.29) is 10.8 Å². The summed E-state index contributed by atoms with van der Waals surface area (Å²) in [5, 5.41) is 5.92. The number of nitrogens with one attached hydrogen (secondary N) is 2. The molecule has 2 aliphatic heterocycles. The molecule has 10 nitrogen and oxygen atoms in total. The summed E-state index contributed by atoms with van der Waals surface area (Å²) in [4.78, 5) is 26.2. The molecular formula is C32H35N7O3S. The smallest absolute Gasteiger partial charge is 0.268 e. The first-order valence-electron chi connectivity index (χ1n) is 14.5. The summed E-state index contributed by atoms with van der Waals surface area (Å²) in [7, 11) is -0.114. The molecule has 2 N–H and O–H groups in total. The number of benzene rings is 3. The maximum Gasteiger partial charge on any atom is 0.268 e. The number of rotatable bonds is 7. The molecule has 4 aromatic rings. The molecule has 1 fully saturated rings. The number of likely N-dealkylation sites (N-methyl/N-ethyl adjacent to an activating group) is 1. The summed E-state index contributed by atoms with van der Waals surface area (Å²) in [6, 6.07) is 21.1. The van der Waals surface area contributed by atoms with Gasteiger partial charge in [-0.3, -0.25) is 9.10 Å². The second-order valence-corrected chi connectivity index (χ2v) is 12.7. The van der Waals surface area contributed by atoms with Crippen molar-refractivity contribution in [2.75, 3.05) is 61.3 Å². The minimum Gasteiger partial charge on any atom is -0.369 e. The van der Waals surface area contributed by atoms with E-state index in [4.69, 9.17) is 4.98 Å². The van der Waals surface area contributed by atoms with Crippen LogP contribution in [0.5, 0.6) is 0 Å². The standard InChI is InChI=1S/C32H35N7O3S/c1-4-14-39-28-13-8-23(22-6-5-7-24(19-22)31(40)33-2)20-27(28)30-29(43(39,41)42)21-34-32(36-30)35-25-9-11-26(12-10-25)38-17-15-37(3)16-18-38/h5-13,19-21H,4,14-18H2,1-3H3,(H,33,40)(H,34,35,36). The van der Waals surface area contributed by atoms with Crippen molar-refractivity contribution in [3.8, 4) is 22.4 Å². The second kappa shape index (κ2) is 11.7. The first kappa shape index (κ1) is 28.6. The predicted octanol–water partition coefficient (Wildman–Crippen LogP) is 4.58. The van der Waals surface area contributed by atoms with Gasteiger partial charge in [0.2, 0.25) is 5.95 Å². The summed E-state index contributed by atoms with van der Waals surface area (Å²) < 4.78 is 28.9. The Labute approximate surface area is 252 Å². The van der Waals surface area contributed by atoms with Gasteiger partial charge in [-0.05, 0) is 73.1 Å². The molecule has 0 radical (unpaired) electrons. The Morgan fingerprint density at radius 1 is 0.953 bits per heavy atom. The molecule has 6 rings (SSSR count). The van der Waals surface area contributed by atoms with Crippen LogP contribution in [0.3, 0.4) is 0 Å². The van der Waals surface area contributed by atoms with Gasteiger partial charge < -0.3 is 20.4 Å². The zero-order valence-corrected chi connectivity index (χ0v) is 25.4. The Bertz CT molecular complexity index is 1770. The lowest BCUT2D eigenvalue weighted by atomic mass is 9.98. The van der Waals surface area contributed by atoms with Gasteiger partial charge in [-0.15, -0.1) is 0 Å². The van der Waals surface area contributed by atoms with Crippen LogP contribution in [0.4, 0.5) is 23.0 Å². The average Bonchev–Trinajstić information content (AvgIpc) is 3.03. The fourth-order valence-corrected chi connectivity index (χ4v) is 7.23. The van der Waals surface area contributed by atoms with Crippen molar-refractivity contribution in [3.05, 3.63) is 78.5 Å². The molecule has 0 aliphatic carbocycles. The van der Waals surface area contributed by atoms with Crippen LogP contribution in [0.15, 0.2) is 77.8 Å². The molecule has 3 aromatic carbocycles. The lowest BCUT2D eigenvalue weighted by Crippen LogP contribution is -2.44. The van der Waals surface area contributed by atoms with Crippen LogP contribution in [0.25, 0.3) is 22.4 Å². The zero-order chi connectivity index (χ0) is 30.1. The summed E-state index contributed by atoms with van der Waals surface area (Å²) in [5.74, 6) is 0.133. The first-order chi connectivity index (χ1) is 20.8. The number of aromatic nitrogens is 2. The van der Waals surface area contributed by atoms with Gasteiger partial charge in [-0.1, -0.05) is 25.1 Å². The van der Waals surface area contributed by atoms with Crippen molar-refractivity contribution in [2.45, 2.75) is 18.2 Å². The predicted molar refractivity (Wildman–Crippen MR) is 171 cm³/mol. The third-order valence-electron chi connectivity index (χ3n) is 7.95. The molecular weight excluding hydrogens is 562 g/mol. The van der Waals surface area contributed by atoms with Crippen molar-refractivity contribution >= 4 is 38.9 Å². The number of nitrogens with zero attached hydrogens (tertiary/aromatic N) is 5. The van der Waals surface area contributed by atoms with Crippen molar-refractivity contribution in [1.29, 1.82) is 0 Å². The molecule has 0 bridgehead atoms. The highest BCUT2D eigenvalue weighted by Crippen LogP contribution is 2.44. The van der Waals surface area contributed by atoms with E-state index in [0.29, 0.717) is 41.4 Å². The van der Waals surface area contributed by atoms with Crippen molar-refractivity contribution in [3.63, 3.8) is 0 Å². The molecule has 1 saturated heterocycles. The maximum atomic E-state index is 13.7. The lowest BCUT2D eigenvalue weighted by Gasteiger charge is -2.34. The van der Waals surface area contributed by atoms with E-state index in [1.54, 1.807) is 13.1 Å². The van der Waals surface area contributed by atoms with Crippen LogP contribution in [-0.4, -0.2) is 76.0 Å². The molecule has 0 saturated carbocycles. The number of hydrogen-bond acceptors (Lipinski definition) is 8. The van der Waals surface area contributed by atoms with Crippen LogP contribution >= 0.6 is 0 Å². The topological polar surface area (TPSA) is 111 Å². The number of anilines is 4. The van der Waals surface area contributed by atoms with E-state index >= 15 is 0 Å². The highest BCUT2D eigenvalue weighted by Gasteiger charge is 2.36. The largest absolute Gasteiger partial charge is 0.369 e. The highest BCUT2D eigenvalue weighted by atomic mass is 32.2. The SMILES string of the molecule is CCCN1c2ccc(-c3cccc(C(=O)NC)c3)cc2-c2nc(Nc3ccc(N4CCN(C)CC4)cc3)ncc2S1(=O)=O. The maximum absolute atomic E-state index is 13.7. The molecule has 1 amide bonds. The number of sulfonamides is 1. The van der Waals surface area contributed by atoms with Crippen LogP contribution in [0.2, 0.25) is 0 Å². The highest BCUT2D eigenvalue weighted by molar-refractivity contribution is 7.93. The second-order valence-electron chi connectivity index (χ2n) is 10.8. The summed E-state index contributed by atoms with van der Waals surface area (Å²) >= 11 is 0. The summed E-state index contributed by atoms with van der Waals surface area (Å²) in [6.45, 7) is 6.31. The van der Waals surface area contributed by atoms with E-state index in [2.05, 4.69) is 44.6 Å². The van der Waals surface area contributed by atoms with Crippen molar-refractivity contribution < 1.29 is 13.2 Å². The van der Waals surface area contributed by atoms with Crippen LogP contribution in [0.1, 0.15) is 23.7 Å². The van der Waals surface area contributed by atoms with Gasteiger partial charge in [0.25, 0.3) is 15.9 Å². The van der Waals surface area contributed by atoms with Crippen LogP contribution in [-0.2, 0) is 10.0 Å². The number of fused-ring (bicyclic) bond motifs is 3. The Kier molecular flexibility index (Phi) is 7.76. The number of amides is 1. The number of piperazine rings is 1. The normalized spacial score (nSPS) is 15.9. The Balaban J connectivity index is 1.36. The van der Waals surface area contributed by atoms with E-state index in [1.807, 2.05) is 55.5 Å². The van der Waals surface area contributed by atoms with Gasteiger partial charge in [0.05, 0.1) is 17.6 Å². The monoisotopic (exact) mass is 597 g/mol. The fraction of sp³-hybridized carbons (Fsp3) is 0.281. The first-order valence-corrected chi connectivity index (χ1v) is 15.9. The van der Waals surface area contributed by atoms with Crippen molar-refractivity contribution in [1.82, 2.24) is 20.2 Å². The number of carbonyl (C=O) groups is 1. The van der Waals surface area contributed by atoms with Gasteiger partial charge in [-0.2, -0.15) is 0 Å². The number of hydrogen-bond donors (Lipinski definition) is 2. The summed E-state index contributed by atoms with van der Waals surface area (Å²) in [6.07, 6.45) is 2.04. The molecule has 3 heterocycles. The van der Waals surface area contributed by atoms with Gasteiger partial charge in [0.1, 0.15) is 4.90 Å². The molecule has 2 aliphatic rings. The third kappa shape index (κ3) is 5.53. The van der Waals surface area contributed by atoms with E-state index in [9.17, 15) is 13.2 Å². The van der Waals surface area contributed by atoms with Crippen LogP contribution < -0.4 is 19.8 Å². The molecule has 11 heteroatoms. The Morgan fingerprint density at radius 2 is 1.70 bits per heavy atom. The molecule has 0 spiro atoms. The van der Waals surface area contributed by atoms with E-state index in [1.165, 1.54) is 10.5 Å². The summed E-state index contributed by atoms with van der Waals surface area (Å²) in [5.41, 5.74) is 5.81. The van der Waals surface area contributed by atoms with E-state index in [0.717, 1.165) is 48.7 Å². The van der Waals surface area contributed by atoms with Gasteiger partial charge >= 0.3 is 0 Å². The fourth-order valence-electron chi connectivity index (χ4n) is 5.56. The van der Waals surface area contributed by atoms with E-state index < -0.39 is 10.0 Å². The molecule has 43 heavy (non-hydrogen) atoms. The molecule has 222 valence electrons. The minimum absolute atomic E-state index is 0.0701.